The second-order valence-corrected chi connectivity index (χ2v) is 7.95. The number of alkyl halides is 1. The first-order valence-corrected chi connectivity index (χ1v) is 10.1. The van der Waals surface area contributed by atoms with Crippen molar-refractivity contribution in [1.82, 2.24) is 24.5 Å². The zero-order valence-electron chi connectivity index (χ0n) is 17.6. The quantitative estimate of drug-likeness (QED) is 0.312. The van der Waals surface area contributed by atoms with Crippen LogP contribution in [0.3, 0.4) is 0 Å². The van der Waals surface area contributed by atoms with Crippen LogP contribution in [0.1, 0.15) is 12.5 Å². The molecule has 0 saturated heterocycles. The molecule has 2 aromatic carbocycles. The maximum absolute atomic E-state index is 12.8. The number of ether oxygens (including phenoxy) is 2. The molecule has 1 atom stereocenters. The van der Waals surface area contributed by atoms with E-state index in [2.05, 4.69) is 15.3 Å². The van der Waals surface area contributed by atoms with Crippen LogP contribution in [0, 0.1) is 10.1 Å². The van der Waals surface area contributed by atoms with Gasteiger partial charge in [0.25, 0.3) is 0 Å². The molecule has 1 aliphatic heterocycles. The first kappa shape index (κ1) is 20.6. The summed E-state index contributed by atoms with van der Waals surface area (Å²) >= 11 is 0. The lowest BCUT2D eigenvalue weighted by atomic mass is 10.1. The zero-order chi connectivity index (χ0) is 23.0. The van der Waals surface area contributed by atoms with E-state index in [9.17, 15) is 14.5 Å². The number of fused-ring (bicyclic) bond motifs is 1. The monoisotopic (exact) mass is 450 g/mol. The molecular formula is C22H19FN6O4. The van der Waals surface area contributed by atoms with Crippen LogP contribution >= 0.6 is 0 Å². The summed E-state index contributed by atoms with van der Waals surface area (Å²) in [7, 11) is 0. The molecule has 3 heterocycles. The molecule has 0 saturated carbocycles. The SMILES string of the molecule is C[C@]1(COc2ccccc2-n2cc(-c3ccc(CF)cc3)nn2)Cn2cc([N+](=O)[O-])nc2O1. The Balaban J connectivity index is 1.32. The molecule has 0 spiro atoms. The molecule has 10 nitrogen and oxygen atoms in total. The normalized spacial score (nSPS) is 16.9. The fraction of sp³-hybridized carbons (Fsp3) is 0.227. The van der Waals surface area contributed by atoms with E-state index >= 15 is 0 Å². The summed E-state index contributed by atoms with van der Waals surface area (Å²) in [6.07, 6.45) is 3.13. The van der Waals surface area contributed by atoms with E-state index in [1.807, 2.05) is 31.2 Å². The van der Waals surface area contributed by atoms with Crippen LogP contribution < -0.4 is 9.47 Å². The fourth-order valence-corrected chi connectivity index (χ4v) is 3.63. The van der Waals surface area contributed by atoms with E-state index in [0.29, 0.717) is 29.2 Å². The lowest BCUT2D eigenvalue weighted by Crippen LogP contribution is -2.38. The number of rotatable bonds is 7. The Morgan fingerprint density at radius 2 is 2.00 bits per heavy atom. The summed E-state index contributed by atoms with van der Waals surface area (Å²) in [5.41, 5.74) is 2.02. The standard InChI is InChI=1S/C22H19FN6O4/c1-22(13-27-12-20(29(30)31)24-21(27)33-22)14-32-19-5-3-2-4-18(19)28-11-17(25-26-28)16-8-6-15(10-23)7-9-16/h2-9,11-12H,10,13-14H2,1H3/t22-/m1/s1. The molecule has 11 heteroatoms. The topological polar surface area (TPSA) is 110 Å². The highest BCUT2D eigenvalue weighted by molar-refractivity contribution is 5.59. The van der Waals surface area contributed by atoms with E-state index in [0.717, 1.165) is 5.56 Å². The van der Waals surface area contributed by atoms with Crippen molar-refractivity contribution in [2.24, 2.45) is 0 Å². The molecule has 0 fully saturated rings. The predicted octanol–water partition coefficient (Wildman–Crippen LogP) is 3.74. The smallest absolute Gasteiger partial charge is 0.415 e. The molecule has 2 aromatic heterocycles. The van der Waals surface area contributed by atoms with Gasteiger partial charge in [0.2, 0.25) is 0 Å². The summed E-state index contributed by atoms with van der Waals surface area (Å²) in [6, 6.07) is 14.6. The van der Waals surface area contributed by atoms with E-state index in [-0.39, 0.29) is 18.4 Å². The third kappa shape index (κ3) is 4.00. The summed E-state index contributed by atoms with van der Waals surface area (Å²) in [5.74, 6) is 0.321. The summed E-state index contributed by atoms with van der Waals surface area (Å²) < 4.78 is 27.9. The van der Waals surface area contributed by atoms with Crippen molar-refractivity contribution in [1.29, 1.82) is 0 Å². The Morgan fingerprint density at radius 1 is 1.21 bits per heavy atom. The number of imidazole rings is 1. The van der Waals surface area contributed by atoms with Gasteiger partial charge in [-0.15, -0.1) is 5.10 Å². The van der Waals surface area contributed by atoms with Crippen molar-refractivity contribution in [3.63, 3.8) is 0 Å². The minimum Gasteiger partial charge on any atom is -0.487 e. The van der Waals surface area contributed by atoms with Crippen LogP contribution in [0.15, 0.2) is 60.9 Å². The second-order valence-electron chi connectivity index (χ2n) is 7.95. The van der Waals surface area contributed by atoms with Crippen molar-refractivity contribution < 1.29 is 18.8 Å². The number of aromatic nitrogens is 5. The lowest BCUT2D eigenvalue weighted by molar-refractivity contribution is -0.389. The number of benzene rings is 2. The summed E-state index contributed by atoms with van der Waals surface area (Å²) in [5, 5.41) is 19.3. The third-order valence-corrected chi connectivity index (χ3v) is 5.30. The van der Waals surface area contributed by atoms with Gasteiger partial charge in [-0.25, -0.2) is 9.07 Å². The Labute approximate surface area is 187 Å². The Kier molecular flexibility index (Phi) is 5.00. The molecule has 0 aliphatic carbocycles. The van der Waals surface area contributed by atoms with E-state index in [1.165, 1.54) is 6.20 Å². The van der Waals surface area contributed by atoms with Gasteiger partial charge in [-0.3, -0.25) is 4.57 Å². The number of hydrogen-bond acceptors (Lipinski definition) is 7. The van der Waals surface area contributed by atoms with Crippen LogP contribution in [-0.4, -0.2) is 41.7 Å². The van der Waals surface area contributed by atoms with Crippen LogP contribution in [0.4, 0.5) is 10.2 Å². The van der Waals surface area contributed by atoms with E-state index in [4.69, 9.17) is 9.47 Å². The molecule has 33 heavy (non-hydrogen) atoms. The maximum Gasteiger partial charge on any atom is 0.415 e. The van der Waals surface area contributed by atoms with Crippen molar-refractivity contribution >= 4 is 5.82 Å². The van der Waals surface area contributed by atoms with Gasteiger partial charge in [0.15, 0.2) is 5.60 Å². The maximum atomic E-state index is 12.8. The van der Waals surface area contributed by atoms with Crippen molar-refractivity contribution in [3.05, 3.63) is 76.6 Å². The number of nitro groups is 1. The molecule has 168 valence electrons. The first-order chi connectivity index (χ1) is 15.9. The first-order valence-electron chi connectivity index (χ1n) is 10.1. The van der Waals surface area contributed by atoms with Gasteiger partial charge in [-0.2, -0.15) is 0 Å². The molecule has 0 bridgehead atoms. The Morgan fingerprint density at radius 3 is 2.73 bits per heavy atom. The van der Waals surface area contributed by atoms with Gasteiger partial charge in [0.1, 0.15) is 36.6 Å². The number of halogens is 1. The molecule has 0 radical (unpaired) electrons. The molecule has 0 amide bonds. The van der Waals surface area contributed by atoms with Gasteiger partial charge >= 0.3 is 11.8 Å². The molecule has 1 aliphatic rings. The Hall–Kier alpha value is -4.28. The molecule has 0 N–H and O–H groups in total. The Bertz CT molecular complexity index is 1290. The summed E-state index contributed by atoms with van der Waals surface area (Å²) in [6.45, 7) is 1.89. The second kappa shape index (κ2) is 8.01. The zero-order valence-corrected chi connectivity index (χ0v) is 17.6. The molecular weight excluding hydrogens is 431 g/mol. The minimum atomic E-state index is -0.740. The average Bonchev–Trinajstić information content (AvgIpc) is 3.52. The number of nitrogens with zero attached hydrogens (tertiary/aromatic N) is 6. The van der Waals surface area contributed by atoms with Crippen molar-refractivity contribution in [3.8, 4) is 28.7 Å². The van der Waals surface area contributed by atoms with Gasteiger partial charge in [0, 0.05) is 10.5 Å². The van der Waals surface area contributed by atoms with Crippen LogP contribution in [0.25, 0.3) is 16.9 Å². The highest BCUT2D eigenvalue weighted by Gasteiger charge is 2.41. The minimum absolute atomic E-state index is 0.188. The van der Waals surface area contributed by atoms with E-state index in [1.54, 1.807) is 39.7 Å². The lowest BCUT2D eigenvalue weighted by Gasteiger charge is -2.22. The van der Waals surface area contributed by atoms with Crippen molar-refractivity contribution in [2.75, 3.05) is 6.61 Å². The van der Waals surface area contributed by atoms with Crippen molar-refractivity contribution in [2.45, 2.75) is 25.7 Å². The molecule has 4 aromatic rings. The largest absolute Gasteiger partial charge is 0.487 e. The van der Waals surface area contributed by atoms with Crippen LogP contribution in [-0.2, 0) is 13.2 Å². The average molecular weight is 450 g/mol. The van der Waals surface area contributed by atoms with Crippen LogP contribution in [0.2, 0.25) is 0 Å². The fourth-order valence-electron chi connectivity index (χ4n) is 3.63. The number of para-hydroxylation sites is 2. The van der Waals surface area contributed by atoms with Crippen LogP contribution in [0.5, 0.6) is 11.8 Å². The van der Waals surface area contributed by atoms with Gasteiger partial charge < -0.3 is 19.6 Å². The molecule has 5 rings (SSSR count). The number of hydrogen-bond donors (Lipinski definition) is 0. The van der Waals surface area contributed by atoms with Gasteiger partial charge in [-0.05, 0) is 29.5 Å². The third-order valence-electron chi connectivity index (χ3n) is 5.30. The predicted molar refractivity (Wildman–Crippen MR) is 115 cm³/mol. The van der Waals surface area contributed by atoms with Gasteiger partial charge in [0.05, 0.1) is 12.7 Å². The molecule has 0 unspecified atom stereocenters. The highest BCUT2D eigenvalue weighted by Crippen LogP contribution is 2.32. The van der Waals surface area contributed by atoms with E-state index < -0.39 is 17.2 Å². The summed E-state index contributed by atoms with van der Waals surface area (Å²) in [4.78, 5) is 14.2. The van der Waals surface area contributed by atoms with Gasteiger partial charge in [-0.1, -0.05) is 41.6 Å². The highest BCUT2D eigenvalue weighted by atomic mass is 19.1.